The number of hydrogen-bond donors (Lipinski definition) is 1. The van der Waals surface area contributed by atoms with Gasteiger partial charge in [0.15, 0.2) is 6.10 Å². The van der Waals surface area contributed by atoms with Crippen molar-refractivity contribution in [3.05, 3.63) is 94.5 Å². The molecule has 0 spiro atoms. The number of carbonyl (C=O) groups is 2. The second-order valence-electron chi connectivity index (χ2n) is 8.47. The van der Waals surface area contributed by atoms with E-state index in [0.717, 1.165) is 5.56 Å². The highest BCUT2D eigenvalue weighted by molar-refractivity contribution is 6.31. The summed E-state index contributed by atoms with van der Waals surface area (Å²) < 4.78 is 19.5. The number of amides is 2. The average molecular weight is 505 g/mol. The maximum absolute atomic E-state index is 13.5. The fraction of sp³-hybridized carbons (Fsp3) is 0.185. The molecule has 1 aliphatic heterocycles. The van der Waals surface area contributed by atoms with Crippen LogP contribution in [0.2, 0.25) is 5.02 Å². The summed E-state index contributed by atoms with van der Waals surface area (Å²) in [6.07, 6.45) is 1.24. The van der Waals surface area contributed by atoms with Crippen LogP contribution in [-0.4, -0.2) is 32.8 Å². The lowest BCUT2D eigenvalue weighted by Gasteiger charge is -2.23. The number of hydrogen-bond acceptors (Lipinski definition) is 5. The van der Waals surface area contributed by atoms with Crippen LogP contribution in [0.4, 0.5) is 10.1 Å². The Morgan fingerprint density at radius 1 is 1.17 bits per heavy atom. The highest BCUT2D eigenvalue weighted by atomic mass is 35.5. The van der Waals surface area contributed by atoms with Crippen molar-refractivity contribution in [3.8, 4) is 5.75 Å². The van der Waals surface area contributed by atoms with Crippen LogP contribution in [0, 0.1) is 5.82 Å². The molecule has 0 saturated heterocycles. The van der Waals surface area contributed by atoms with Crippen LogP contribution in [0.1, 0.15) is 35.0 Å². The number of halogens is 2. The predicted octanol–water partition coefficient (Wildman–Crippen LogP) is 5.37. The summed E-state index contributed by atoms with van der Waals surface area (Å²) in [6, 6.07) is 16.6. The van der Waals surface area contributed by atoms with E-state index in [1.807, 2.05) is 25.1 Å². The average Bonchev–Trinajstić information content (AvgIpc) is 3.01. The van der Waals surface area contributed by atoms with E-state index in [1.165, 1.54) is 18.3 Å². The Labute approximate surface area is 211 Å². The van der Waals surface area contributed by atoms with Gasteiger partial charge < -0.3 is 15.0 Å². The summed E-state index contributed by atoms with van der Waals surface area (Å²) in [5.41, 5.74) is 3.39. The summed E-state index contributed by atoms with van der Waals surface area (Å²) in [5.74, 6) is -0.472. The van der Waals surface area contributed by atoms with Crippen LogP contribution >= 0.6 is 11.6 Å². The van der Waals surface area contributed by atoms with Crippen LogP contribution in [0.3, 0.4) is 0 Å². The number of carbonyl (C=O) groups excluding carboxylic acids is 2. The predicted molar refractivity (Wildman–Crippen MR) is 134 cm³/mol. The monoisotopic (exact) mass is 504 g/mol. The number of nitrogens with zero attached hydrogens (tertiary/aromatic N) is 3. The van der Waals surface area contributed by atoms with Crippen LogP contribution < -0.4 is 10.1 Å². The van der Waals surface area contributed by atoms with E-state index in [9.17, 15) is 14.0 Å². The molecule has 2 amide bonds. The first-order valence-electron chi connectivity index (χ1n) is 11.5. The molecule has 1 unspecified atom stereocenters. The lowest BCUT2D eigenvalue weighted by Crippen LogP contribution is -2.38. The second-order valence-corrected chi connectivity index (χ2v) is 8.87. The van der Waals surface area contributed by atoms with Gasteiger partial charge in [0, 0.05) is 29.4 Å². The first kappa shape index (κ1) is 23.7. The zero-order valence-electron chi connectivity index (χ0n) is 19.4. The van der Waals surface area contributed by atoms with E-state index in [4.69, 9.17) is 16.3 Å². The molecule has 1 aliphatic rings. The van der Waals surface area contributed by atoms with E-state index in [0.29, 0.717) is 34.5 Å². The molecule has 1 N–H and O–H groups in total. The van der Waals surface area contributed by atoms with Crippen molar-refractivity contribution in [1.29, 1.82) is 0 Å². The van der Waals surface area contributed by atoms with Gasteiger partial charge in [-0.25, -0.2) is 9.37 Å². The first-order valence-corrected chi connectivity index (χ1v) is 11.8. The molecule has 0 bridgehead atoms. The third kappa shape index (κ3) is 4.85. The van der Waals surface area contributed by atoms with Gasteiger partial charge in [-0.2, -0.15) is 0 Å². The molecule has 0 fully saturated rings. The van der Waals surface area contributed by atoms with E-state index in [-0.39, 0.29) is 29.7 Å². The number of para-hydroxylation sites is 2. The molecule has 0 saturated carbocycles. The van der Waals surface area contributed by atoms with Gasteiger partial charge in [-0.1, -0.05) is 36.7 Å². The van der Waals surface area contributed by atoms with Crippen molar-refractivity contribution >= 4 is 40.1 Å². The van der Waals surface area contributed by atoms with E-state index >= 15 is 0 Å². The van der Waals surface area contributed by atoms with Gasteiger partial charge in [-0.3, -0.25) is 14.6 Å². The molecular weight excluding hydrogens is 483 g/mol. The Bertz CT molecular complexity index is 1480. The minimum Gasteiger partial charge on any atom is -0.480 e. The van der Waals surface area contributed by atoms with E-state index < -0.39 is 17.8 Å². The number of aromatic nitrogens is 2. The summed E-state index contributed by atoms with van der Waals surface area (Å²) in [7, 11) is 0. The van der Waals surface area contributed by atoms with Crippen molar-refractivity contribution in [2.45, 2.75) is 32.5 Å². The van der Waals surface area contributed by atoms with Gasteiger partial charge in [-0.15, -0.1) is 0 Å². The number of nitrogens with one attached hydrogen (secondary N) is 1. The topological polar surface area (TPSA) is 84.4 Å². The van der Waals surface area contributed by atoms with Gasteiger partial charge >= 0.3 is 0 Å². The molecule has 4 aromatic rings. The van der Waals surface area contributed by atoms with E-state index in [2.05, 4.69) is 15.3 Å². The largest absolute Gasteiger partial charge is 0.480 e. The summed E-state index contributed by atoms with van der Waals surface area (Å²) in [4.78, 5) is 36.3. The third-order valence-corrected chi connectivity index (χ3v) is 6.32. The maximum atomic E-state index is 13.5. The van der Waals surface area contributed by atoms with Crippen molar-refractivity contribution in [1.82, 2.24) is 14.9 Å². The Morgan fingerprint density at radius 2 is 1.97 bits per heavy atom. The Morgan fingerprint density at radius 3 is 2.75 bits per heavy atom. The minimum absolute atomic E-state index is 0.189. The third-order valence-electron chi connectivity index (χ3n) is 5.96. The molecule has 5 rings (SSSR count). The molecule has 1 atom stereocenters. The minimum atomic E-state index is -0.668. The number of ether oxygens (including phenoxy) is 1. The molecule has 7 nitrogen and oxygen atoms in total. The SMILES string of the molecule is CCC1Oc2ccc(NC(=O)c3cnc4ccccc4n3)cc2CN(Cc2ccc(F)cc2Cl)C1=O. The number of rotatable bonds is 5. The van der Waals surface area contributed by atoms with Crippen LogP contribution in [-0.2, 0) is 17.9 Å². The first-order chi connectivity index (χ1) is 17.4. The Kier molecular flexibility index (Phi) is 6.52. The van der Waals surface area contributed by atoms with Gasteiger partial charge in [0.1, 0.15) is 17.3 Å². The van der Waals surface area contributed by atoms with Gasteiger partial charge in [0.05, 0.1) is 17.2 Å². The quantitative estimate of drug-likeness (QED) is 0.395. The molecule has 3 aromatic carbocycles. The summed E-state index contributed by atoms with van der Waals surface area (Å²) >= 11 is 6.22. The maximum Gasteiger partial charge on any atom is 0.275 e. The summed E-state index contributed by atoms with van der Waals surface area (Å²) in [5, 5.41) is 3.10. The van der Waals surface area contributed by atoms with Crippen LogP contribution in [0.15, 0.2) is 66.9 Å². The molecular formula is C27H22ClFN4O3. The lowest BCUT2D eigenvalue weighted by atomic mass is 10.1. The van der Waals surface area contributed by atoms with Crippen molar-refractivity contribution in [2.24, 2.45) is 0 Å². The number of anilines is 1. The smallest absolute Gasteiger partial charge is 0.275 e. The Balaban J connectivity index is 1.40. The highest BCUT2D eigenvalue weighted by Crippen LogP contribution is 2.31. The standard InChI is InChI=1S/C27H22ClFN4O3/c1-2-24-27(35)33(14-16-7-8-18(29)12-20(16)28)15-17-11-19(9-10-25(17)36-24)31-26(34)23-13-30-21-5-3-4-6-22(21)32-23/h3-13,24H,2,14-15H2,1H3,(H,31,34). The van der Waals surface area contributed by atoms with Crippen molar-refractivity contribution in [2.75, 3.05) is 5.32 Å². The highest BCUT2D eigenvalue weighted by Gasteiger charge is 2.30. The fourth-order valence-corrected chi connectivity index (χ4v) is 4.32. The Hall–Kier alpha value is -4.04. The fourth-order valence-electron chi connectivity index (χ4n) is 4.10. The zero-order valence-corrected chi connectivity index (χ0v) is 20.1. The second kappa shape index (κ2) is 9.91. The normalized spacial score (nSPS) is 15.2. The van der Waals surface area contributed by atoms with E-state index in [1.54, 1.807) is 35.2 Å². The molecule has 36 heavy (non-hydrogen) atoms. The molecule has 0 aliphatic carbocycles. The number of benzene rings is 3. The molecule has 9 heteroatoms. The van der Waals surface area contributed by atoms with Gasteiger partial charge in [-0.05, 0) is 54.4 Å². The van der Waals surface area contributed by atoms with Gasteiger partial charge in [0.25, 0.3) is 11.8 Å². The molecule has 182 valence electrons. The van der Waals surface area contributed by atoms with Crippen molar-refractivity contribution in [3.63, 3.8) is 0 Å². The lowest BCUT2D eigenvalue weighted by molar-refractivity contribution is -0.139. The van der Waals surface area contributed by atoms with Crippen molar-refractivity contribution < 1.29 is 18.7 Å². The number of fused-ring (bicyclic) bond motifs is 2. The summed E-state index contributed by atoms with van der Waals surface area (Å²) in [6.45, 7) is 2.30. The van der Waals surface area contributed by atoms with Gasteiger partial charge in [0.2, 0.25) is 0 Å². The molecule has 2 heterocycles. The zero-order chi connectivity index (χ0) is 25.2. The van der Waals surface area contributed by atoms with Crippen LogP contribution in [0.25, 0.3) is 11.0 Å². The van der Waals surface area contributed by atoms with Crippen LogP contribution in [0.5, 0.6) is 5.75 Å². The molecule has 0 radical (unpaired) electrons. The molecule has 1 aromatic heterocycles.